The minimum atomic E-state index is 0.456. The van der Waals surface area contributed by atoms with Gasteiger partial charge in [-0.15, -0.1) is 0 Å². The van der Waals surface area contributed by atoms with Crippen LogP contribution >= 0.6 is 0 Å². The average molecular weight is 404 g/mol. The van der Waals surface area contributed by atoms with E-state index in [2.05, 4.69) is 73.1 Å². The van der Waals surface area contributed by atoms with Crippen LogP contribution in [-0.2, 0) is 13.1 Å². The van der Waals surface area contributed by atoms with Gasteiger partial charge in [0, 0.05) is 39.3 Å². The second kappa shape index (κ2) is 10.0. The lowest BCUT2D eigenvalue weighted by Crippen LogP contribution is -2.48. The first-order chi connectivity index (χ1) is 14.8. The summed E-state index contributed by atoms with van der Waals surface area (Å²) in [6.07, 6.45) is 5.49. The Morgan fingerprint density at radius 2 is 1.80 bits per heavy atom. The van der Waals surface area contributed by atoms with E-state index in [0.29, 0.717) is 6.04 Å². The smallest absolute Gasteiger partial charge is 0.191 e. The first-order valence-electron chi connectivity index (χ1n) is 10.5. The van der Waals surface area contributed by atoms with Crippen molar-refractivity contribution in [1.82, 2.24) is 30.3 Å². The molecule has 2 aromatic carbocycles. The maximum Gasteiger partial charge on any atom is 0.191 e. The summed E-state index contributed by atoms with van der Waals surface area (Å²) in [6.45, 7) is 3.97. The predicted molar refractivity (Wildman–Crippen MR) is 119 cm³/mol. The van der Waals surface area contributed by atoms with Gasteiger partial charge in [0.1, 0.15) is 12.7 Å². The number of nitrogens with zero attached hydrogens (tertiary/aromatic N) is 5. The molecule has 1 aliphatic heterocycles. The molecule has 0 saturated carbocycles. The van der Waals surface area contributed by atoms with Gasteiger partial charge < -0.3 is 10.6 Å². The van der Waals surface area contributed by atoms with E-state index in [1.165, 1.54) is 17.5 Å². The molecule has 1 aliphatic rings. The Kier molecular flexibility index (Phi) is 6.72. The molecule has 3 aromatic rings. The van der Waals surface area contributed by atoms with Gasteiger partial charge in [-0.2, -0.15) is 5.10 Å². The van der Waals surface area contributed by atoms with Crippen molar-refractivity contribution >= 4 is 5.96 Å². The van der Waals surface area contributed by atoms with Gasteiger partial charge in [-0.05, 0) is 36.1 Å². The van der Waals surface area contributed by atoms with E-state index in [9.17, 15) is 0 Å². The SMILES string of the molecule is CN=C(NCc1ccc(-n2cncn2)cc1)NC1CCN(Cc2ccccc2)CC1. The van der Waals surface area contributed by atoms with Crippen LogP contribution in [0.15, 0.2) is 72.2 Å². The summed E-state index contributed by atoms with van der Waals surface area (Å²) < 4.78 is 1.75. The molecule has 7 heteroatoms. The van der Waals surface area contributed by atoms with Crippen LogP contribution < -0.4 is 10.6 Å². The van der Waals surface area contributed by atoms with E-state index in [1.807, 2.05) is 19.2 Å². The third-order valence-corrected chi connectivity index (χ3v) is 5.48. The average Bonchev–Trinajstić information content (AvgIpc) is 3.34. The van der Waals surface area contributed by atoms with Crippen molar-refractivity contribution in [2.45, 2.75) is 32.0 Å². The summed E-state index contributed by atoms with van der Waals surface area (Å²) in [5.74, 6) is 0.858. The number of hydrogen-bond donors (Lipinski definition) is 2. The number of hydrogen-bond acceptors (Lipinski definition) is 4. The third-order valence-electron chi connectivity index (χ3n) is 5.48. The summed E-state index contributed by atoms with van der Waals surface area (Å²) in [5, 5.41) is 11.2. The van der Waals surface area contributed by atoms with Crippen LogP contribution in [0.3, 0.4) is 0 Å². The van der Waals surface area contributed by atoms with Crippen molar-refractivity contribution < 1.29 is 0 Å². The maximum atomic E-state index is 4.40. The van der Waals surface area contributed by atoms with Gasteiger partial charge in [-0.1, -0.05) is 42.5 Å². The summed E-state index contributed by atoms with van der Waals surface area (Å²) in [4.78, 5) is 10.9. The Balaban J connectivity index is 1.21. The molecule has 1 saturated heterocycles. The number of guanidine groups is 1. The van der Waals surface area contributed by atoms with Crippen molar-refractivity contribution in [3.05, 3.63) is 78.4 Å². The molecular weight excluding hydrogens is 374 g/mol. The largest absolute Gasteiger partial charge is 0.354 e. The molecule has 0 spiro atoms. The topological polar surface area (TPSA) is 70.4 Å². The minimum absolute atomic E-state index is 0.456. The van der Waals surface area contributed by atoms with Crippen molar-refractivity contribution in [2.75, 3.05) is 20.1 Å². The van der Waals surface area contributed by atoms with Crippen LogP contribution in [0.1, 0.15) is 24.0 Å². The van der Waals surface area contributed by atoms with Gasteiger partial charge in [0.25, 0.3) is 0 Å². The first-order valence-corrected chi connectivity index (χ1v) is 10.5. The number of rotatable bonds is 6. The van der Waals surface area contributed by atoms with Gasteiger partial charge in [0.15, 0.2) is 5.96 Å². The zero-order chi connectivity index (χ0) is 20.6. The fourth-order valence-corrected chi connectivity index (χ4v) is 3.76. The molecule has 0 unspecified atom stereocenters. The minimum Gasteiger partial charge on any atom is -0.354 e. The number of benzene rings is 2. The third kappa shape index (κ3) is 5.45. The second-order valence-corrected chi connectivity index (χ2v) is 7.61. The fraction of sp³-hybridized carbons (Fsp3) is 0.348. The predicted octanol–water partition coefficient (Wildman–Crippen LogP) is 2.60. The van der Waals surface area contributed by atoms with Gasteiger partial charge in [-0.3, -0.25) is 9.89 Å². The van der Waals surface area contributed by atoms with Gasteiger partial charge in [0.05, 0.1) is 5.69 Å². The molecule has 0 bridgehead atoms. The fourth-order valence-electron chi connectivity index (χ4n) is 3.76. The normalized spacial score (nSPS) is 15.8. The van der Waals surface area contributed by atoms with Crippen molar-refractivity contribution in [3.63, 3.8) is 0 Å². The zero-order valence-corrected chi connectivity index (χ0v) is 17.4. The van der Waals surface area contributed by atoms with Gasteiger partial charge in [-0.25, -0.2) is 9.67 Å². The van der Waals surface area contributed by atoms with Crippen molar-refractivity contribution in [3.8, 4) is 5.69 Å². The molecule has 0 amide bonds. The zero-order valence-electron chi connectivity index (χ0n) is 17.4. The van der Waals surface area contributed by atoms with Crippen LogP contribution in [0, 0.1) is 0 Å². The highest BCUT2D eigenvalue weighted by molar-refractivity contribution is 5.79. The summed E-state index contributed by atoms with van der Waals surface area (Å²) in [7, 11) is 1.83. The quantitative estimate of drug-likeness (QED) is 0.489. The highest BCUT2D eigenvalue weighted by atomic mass is 15.3. The van der Waals surface area contributed by atoms with E-state index in [1.54, 1.807) is 11.0 Å². The Labute approximate surface area is 177 Å². The van der Waals surface area contributed by atoms with E-state index >= 15 is 0 Å². The Morgan fingerprint density at radius 1 is 1.03 bits per heavy atom. The molecule has 0 atom stereocenters. The molecule has 156 valence electrons. The van der Waals surface area contributed by atoms with Crippen LogP contribution in [0.25, 0.3) is 5.69 Å². The molecule has 0 aliphatic carbocycles. The van der Waals surface area contributed by atoms with Crippen LogP contribution in [-0.4, -0.2) is 51.8 Å². The number of piperidine rings is 1. The Hall–Kier alpha value is -3.19. The van der Waals surface area contributed by atoms with E-state index in [0.717, 1.165) is 50.7 Å². The van der Waals surface area contributed by atoms with Crippen LogP contribution in [0.2, 0.25) is 0 Å². The number of aromatic nitrogens is 3. The number of likely N-dealkylation sites (tertiary alicyclic amines) is 1. The molecule has 7 nitrogen and oxygen atoms in total. The molecule has 1 aromatic heterocycles. The van der Waals surface area contributed by atoms with Crippen molar-refractivity contribution in [1.29, 1.82) is 0 Å². The first kappa shape index (κ1) is 20.1. The monoisotopic (exact) mass is 403 g/mol. The van der Waals surface area contributed by atoms with Crippen LogP contribution in [0.5, 0.6) is 0 Å². The molecule has 4 rings (SSSR count). The van der Waals surface area contributed by atoms with E-state index < -0.39 is 0 Å². The Morgan fingerprint density at radius 3 is 2.47 bits per heavy atom. The molecule has 2 heterocycles. The summed E-state index contributed by atoms with van der Waals surface area (Å²) in [5.41, 5.74) is 3.58. The molecule has 30 heavy (non-hydrogen) atoms. The lowest BCUT2D eigenvalue weighted by Gasteiger charge is -2.33. The van der Waals surface area contributed by atoms with Gasteiger partial charge in [0.2, 0.25) is 0 Å². The highest BCUT2D eigenvalue weighted by Crippen LogP contribution is 2.14. The molecule has 0 radical (unpaired) electrons. The highest BCUT2D eigenvalue weighted by Gasteiger charge is 2.20. The summed E-state index contributed by atoms with van der Waals surface area (Å²) >= 11 is 0. The molecular formula is C23H29N7. The molecule has 1 fully saturated rings. The lowest BCUT2D eigenvalue weighted by atomic mass is 10.0. The van der Waals surface area contributed by atoms with E-state index in [4.69, 9.17) is 0 Å². The van der Waals surface area contributed by atoms with Crippen molar-refractivity contribution in [2.24, 2.45) is 4.99 Å². The van der Waals surface area contributed by atoms with E-state index in [-0.39, 0.29) is 0 Å². The second-order valence-electron chi connectivity index (χ2n) is 7.61. The standard InChI is InChI=1S/C23H29N7/c1-24-23(26-15-19-7-9-22(10-8-19)30-18-25-17-27-30)28-21-11-13-29(14-12-21)16-20-5-3-2-4-6-20/h2-10,17-18,21H,11-16H2,1H3,(H2,24,26,28). The number of aliphatic imine (C=N–C) groups is 1. The number of nitrogens with one attached hydrogen (secondary N) is 2. The lowest BCUT2D eigenvalue weighted by molar-refractivity contribution is 0.198. The molecule has 2 N–H and O–H groups in total. The summed E-state index contributed by atoms with van der Waals surface area (Å²) in [6, 6.07) is 19.4. The van der Waals surface area contributed by atoms with Gasteiger partial charge >= 0.3 is 0 Å². The van der Waals surface area contributed by atoms with Crippen LogP contribution in [0.4, 0.5) is 0 Å². The maximum absolute atomic E-state index is 4.40. The Bertz CT molecular complexity index is 912.